The quantitative estimate of drug-likeness (QED) is 0.205. The molecule has 5 aromatic rings. The Hall–Kier alpha value is -1.44. The molecule has 0 saturated carbocycles. The minimum atomic E-state index is 0. The Kier molecular flexibility index (Phi) is 21.7. The van der Waals surface area contributed by atoms with Crippen LogP contribution in [-0.2, 0) is 39.0 Å². The number of hydrogen-bond acceptors (Lipinski definition) is 0. The first kappa shape index (κ1) is 39.7. The third kappa shape index (κ3) is 14.7. The standard InChI is InChI=1S/2C14H17.C6H5.CH3Si.2ClH.Zr/c2*1-10(2)6-12-4-5-13-7-11(3)8-14(13)9-12;1-2-4-6-5-3-1;1-2;;;/h2*4-5,7-10H,6H2,1-3H3;1-5H;1H3;2*1H;/q3*-1;;;;+3/p-2. The van der Waals surface area contributed by atoms with Gasteiger partial charge in [-0.1, -0.05) is 59.2 Å². The van der Waals surface area contributed by atoms with E-state index in [4.69, 9.17) is 0 Å². The van der Waals surface area contributed by atoms with Crippen LogP contribution in [0.25, 0.3) is 21.5 Å². The fourth-order valence-corrected chi connectivity index (χ4v) is 4.36. The minimum Gasteiger partial charge on any atom is -1.00 e. The third-order valence-corrected chi connectivity index (χ3v) is 5.73. The van der Waals surface area contributed by atoms with Crippen molar-refractivity contribution in [3.8, 4) is 0 Å². The van der Waals surface area contributed by atoms with Gasteiger partial charge in [0.05, 0.1) is 0 Å². The second-order valence-corrected chi connectivity index (χ2v) is 10.3. The molecular formula is C35H42Cl2SiZr-2. The number of hydrogen-bond donors (Lipinski definition) is 0. The Balaban J connectivity index is 0. The maximum Gasteiger partial charge on any atom is 3.00 e. The summed E-state index contributed by atoms with van der Waals surface area (Å²) in [6, 6.07) is 35.1. The van der Waals surface area contributed by atoms with E-state index in [-0.39, 0.29) is 51.0 Å². The van der Waals surface area contributed by atoms with Gasteiger partial charge in [0.1, 0.15) is 0 Å². The fraction of sp³-hybridized carbons (Fsp3) is 0.314. The average molecular weight is 653 g/mol. The zero-order valence-corrected chi connectivity index (χ0v) is 29.5. The Morgan fingerprint density at radius 3 is 1.31 bits per heavy atom. The van der Waals surface area contributed by atoms with Crippen LogP contribution in [0.15, 0.2) is 91.0 Å². The molecule has 0 atom stereocenters. The molecule has 39 heavy (non-hydrogen) atoms. The summed E-state index contributed by atoms with van der Waals surface area (Å²) in [6.07, 6.45) is 2.36. The van der Waals surface area contributed by atoms with Crippen molar-refractivity contribution < 1.29 is 51.0 Å². The van der Waals surface area contributed by atoms with Crippen molar-refractivity contribution in [2.45, 2.75) is 60.9 Å². The Labute approximate surface area is 273 Å². The number of fused-ring (bicyclic) bond motifs is 2. The van der Waals surface area contributed by atoms with Gasteiger partial charge in [0.2, 0.25) is 0 Å². The summed E-state index contributed by atoms with van der Waals surface area (Å²) in [4.78, 5) is 0. The van der Waals surface area contributed by atoms with Gasteiger partial charge in [0, 0.05) is 10.2 Å². The molecule has 0 aliphatic carbocycles. The zero-order chi connectivity index (χ0) is 26.5. The molecule has 0 fully saturated rings. The van der Waals surface area contributed by atoms with Crippen molar-refractivity contribution in [1.29, 1.82) is 0 Å². The molecule has 4 radical (unpaired) electrons. The number of halogens is 2. The van der Waals surface area contributed by atoms with Gasteiger partial charge in [0.25, 0.3) is 0 Å². The Bertz CT molecular complexity index is 1170. The predicted octanol–water partition coefficient (Wildman–Crippen LogP) is 3.83. The van der Waals surface area contributed by atoms with E-state index >= 15 is 0 Å². The number of benzene rings is 3. The first-order valence-electron chi connectivity index (χ1n) is 13.0. The van der Waals surface area contributed by atoms with Gasteiger partial charge in [-0.15, -0.1) is 81.2 Å². The van der Waals surface area contributed by atoms with E-state index in [2.05, 4.69) is 119 Å². The first-order valence-corrected chi connectivity index (χ1v) is 14.0. The summed E-state index contributed by atoms with van der Waals surface area (Å²) in [5.74, 6) is 1.48. The van der Waals surface area contributed by atoms with E-state index in [1.807, 2.05) is 30.3 Å². The first-order chi connectivity index (χ1) is 17.3. The normalized spacial score (nSPS) is 9.59. The van der Waals surface area contributed by atoms with Gasteiger partial charge in [-0.2, -0.15) is 48.5 Å². The minimum absolute atomic E-state index is 0. The summed E-state index contributed by atoms with van der Waals surface area (Å²) in [5, 5.41) is 5.52. The van der Waals surface area contributed by atoms with Gasteiger partial charge in [-0.3, -0.25) is 0 Å². The van der Waals surface area contributed by atoms with Gasteiger partial charge < -0.3 is 24.8 Å². The van der Waals surface area contributed by atoms with Crippen molar-refractivity contribution in [1.82, 2.24) is 0 Å². The molecule has 206 valence electrons. The molecule has 0 N–H and O–H groups in total. The van der Waals surface area contributed by atoms with E-state index in [1.54, 1.807) is 6.55 Å². The van der Waals surface area contributed by atoms with Crippen molar-refractivity contribution in [3.05, 3.63) is 119 Å². The Morgan fingerprint density at radius 1 is 0.641 bits per heavy atom. The van der Waals surface area contributed by atoms with E-state index in [1.165, 1.54) is 56.6 Å². The third-order valence-electron chi connectivity index (χ3n) is 5.73. The van der Waals surface area contributed by atoms with Crippen LogP contribution in [0.3, 0.4) is 0 Å². The van der Waals surface area contributed by atoms with Crippen LogP contribution in [-0.4, -0.2) is 10.2 Å². The van der Waals surface area contributed by atoms with Crippen LogP contribution in [0, 0.1) is 31.7 Å². The maximum absolute atomic E-state index is 2.97. The SMILES string of the molecule is C[Si].Cc1cc2cc(CC(C)C)ccc2[cH-]1.Cc1cc2cc(CC(C)C)ccc2[cH-]1.[Cl-].[Cl-].[Zr+3].[c-]1ccccc1. The van der Waals surface area contributed by atoms with Crippen molar-refractivity contribution in [2.24, 2.45) is 11.8 Å². The van der Waals surface area contributed by atoms with Crippen LogP contribution in [0.5, 0.6) is 0 Å². The van der Waals surface area contributed by atoms with Gasteiger partial charge in [-0.05, 0) is 24.7 Å². The largest absolute Gasteiger partial charge is 3.00 e. The van der Waals surface area contributed by atoms with E-state index in [0.717, 1.165) is 11.8 Å². The van der Waals surface area contributed by atoms with E-state index in [9.17, 15) is 0 Å². The van der Waals surface area contributed by atoms with Crippen LogP contribution >= 0.6 is 0 Å². The van der Waals surface area contributed by atoms with Gasteiger partial charge in [0.15, 0.2) is 0 Å². The van der Waals surface area contributed by atoms with Crippen LogP contribution in [0.1, 0.15) is 49.9 Å². The fourth-order valence-electron chi connectivity index (χ4n) is 4.36. The molecule has 0 spiro atoms. The summed E-state index contributed by atoms with van der Waals surface area (Å²) >= 11 is 0. The molecule has 0 aromatic heterocycles. The molecule has 0 aliphatic heterocycles. The molecule has 0 aliphatic rings. The van der Waals surface area contributed by atoms with Crippen LogP contribution < -0.4 is 24.8 Å². The average Bonchev–Trinajstić information content (AvgIpc) is 3.41. The number of rotatable bonds is 4. The van der Waals surface area contributed by atoms with Crippen molar-refractivity contribution in [3.63, 3.8) is 0 Å². The molecule has 4 heteroatoms. The summed E-state index contributed by atoms with van der Waals surface area (Å²) in [6.45, 7) is 15.2. The number of aryl methyl sites for hydroxylation is 2. The molecule has 0 amide bonds. The molecule has 5 rings (SSSR count). The van der Waals surface area contributed by atoms with E-state index < -0.39 is 0 Å². The molecule has 0 heterocycles. The second-order valence-electron chi connectivity index (χ2n) is 10.3. The molecular weight excluding hydrogens is 611 g/mol. The Morgan fingerprint density at radius 2 is 1.03 bits per heavy atom. The van der Waals surface area contributed by atoms with Crippen LogP contribution in [0.4, 0.5) is 0 Å². The molecule has 0 nitrogen and oxygen atoms in total. The predicted molar refractivity (Wildman–Crippen MR) is 163 cm³/mol. The van der Waals surface area contributed by atoms with Gasteiger partial charge in [-0.25, -0.2) is 0 Å². The molecule has 0 bridgehead atoms. The van der Waals surface area contributed by atoms with E-state index in [0.29, 0.717) is 0 Å². The smallest absolute Gasteiger partial charge is 1.00 e. The van der Waals surface area contributed by atoms with Crippen LogP contribution in [0.2, 0.25) is 6.55 Å². The summed E-state index contributed by atoms with van der Waals surface area (Å²) in [7, 11) is 2.97. The summed E-state index contributed by atoms with van der Waals surface area (Å²) < 4.78 is 0. The van der Waals surface area contributed by atoms with Crippen molar-refractivity contribution >= 4 is 31.8 Å². The topological polar surface area (TPSA) is 0 Å². The summed E-state index contributed by atoms with van der Waals surface area (Å²) in [5.41, 5.74) is 5.64. The molecule has 0 unspecified atom stereocenters. The zero-order valence-electron chi connectivity index (χ0n) is 24.5. The van der Waals surface area contributed by atoms with Crippen molar-refractivity contribution in [2.75, 3.05) is 0 Å². The molecule has 0 saturated heterocycles. The second kappa shape index (κ2) is 21.3. The molecule has 5 aromatic carbocycles. The maximum atomic E-state index is 2.97. The monoisotopic (exact) mass is 650 g/mol. The van der Waals surface area contributed by atoms with Gasteiger partial charge >= 0.3 is 26.2 Å².